The molecule has 1 amide bonds. The molecule has 1 rings (SSSR count). The highest BCUT2D eigenvalue weighted by Crippen LogP contribution is 2.16. The monoisotopic (exact) mass is 269 g/mol. The zero-order valence-corrected chi connectivity index (χ0v) is 11.5. The number of rotatable bonds is 8. The van der Waals surface area contributed by atoms with Crippen LogP contribution in [-0.4, -0.2) is 19.1 Å². The van der Waals surface area contributed by atoms with Crippen LogP contribution in [0.3, 0.4) is 0 Å². The minimum absolute atomic E-state index is 0.0358. The normalized spacial score (nSPS) is 10.1. The Morgan fingerprint density at radius 1 is 1.33 bits per heavy atom. The first-order valence-corrected chi connectivity index (χ1v) is 6.75. The van der Waals surface area contributed by atoms with E-state index < -0.39 is 0 Å². The molecule has 1 aromatic carbocycles. The van der Waals surface area contributed by atoms with Crippen LogP contribution in [0.15, 0.2) is 24.3 Å². The van der Waals surface area contributed by atoms with Crippen molar-refractivity contribution < 1.29 is 9.53 Å². The first-order valence-electron chi connectivity index (χ1n) is 6.37. The molecule has 0 bridgehead atoms. The Labute approximate surface area is 113 Å². The number of unbranched alkanes of at least 4 members (excludes halogenated alkanes) is 3. The third-order valence-corrected chi connectivity index (χ3v) is 2.75. The third kappa shape index (κ3) is 6.50. The predicted molar refractivity (Wildman–Crippen MR) is 74.1 cm³/mol. The lowest BCUT2D eigenvalue weighted by Gasteiger charge is -2.07. The van der Waals surface area contributed by atoms with E-state index in [-0.39, 0.29) is 12.5 Å². The minimum atomic E-state index is -0.0912. The molecule has 0 heterocycles. The fourth-order valence-corrected chi connectivity index (χ4v) is 1.72. The second-order valence-electron chi connectivity index (χ2n) is 4.16. The Bertz CT molecular complexity index is 369. The highest BCUT2D eigenvalue weighted by Gasteiger charge is 2.02. The Morgan fingerprint density at radius 2 is 2.17 bits per heavy atom. The van der Waals surface area contributed by atoms with Crippen LogP contribution >= 0.6 is 11.6 Å². The smallest absolute Gasteiger partial charge is 0.257 e. The molecule has 0 aliphatic carbocycles. The zero-order valence-electron chi connectivity index (χ0n) is 10.7. The summed E-state index contributed by atoms with van der Waals surface area (Å²) in [5, 5.41) is 3.43. The van der Waals surface area contributed by atoms with Crippen molar-refractivity contribution in [2.45, 2.75) is 32.6 Å². The summed E-state index contributed by atoms with van der Waals surface area (Å²) < 4.78 is 5.33. The molecule has 0 saturated heterocycles. The summed E-state index contributed by atoms with van der Waals surface area (Å²) >= 11 is 5.81. The van der Waals surface area contributed by atoms with Gasteiger partial charge in [-0.15, -0.1) is 0 Å². The maximum absolute atomic E-state index is 11.5. The van der Waals surface area contributed by atoms with Crippen LogP contribution in [0.2, 0.25) is 5.02 Å². The van der Waals surface area contributed by atoms with Crippen LogP contribution < -0.4 is 10.1 Å². The highest BCUT2D eigenvalue weighted by molar-refractivity contribution is 6.30. The second-order valence-corrected chi connectivity index (χ2v) is 4.59. The molecule has 0 saturated carbocycles. The molecule has 18 heavy (non-hydrogen) atoms. The molecule has 0 fully saturated rings. The number of ether oxygens (including phenoxy) is 1. The Kier molecular flexibility index (Phi) is 7.26. The highest BCUT2D eigenvalue weighted by atomic mass is 35.5. The first kappa shape index (κ1) is 14.8. The molecule has 0 aromatic heterocycles. The van der Waals surface area contributed by atoms with Crippen LogP contribution in [0.25, 0.3) is 0 Å². The SMILES string of the molecule is CCCCCCNC(=O)COc1cccc(Cl)c1. The van der Waals surface area contributed by atoms with Crippen molar-refractivity contribution in [3.8, 4) is 5.75 Å². The van der Waals surface area contributed by atoms with E-state index in [0.29, 0.717) is 10.8 Å². The summed E-state index contributed by atoms with van der Waals surface area (Å²) in [6.45, 7) is 2.92. The molecule has 0 atom stereocenters. The lowest BCUT2D eigenvalue weighted by molar-refractivity contribution is -0.123. The average molecular weight is 270 g/mol. The standard InChI is InChI=1S/C14H20ClNO2/c1-2-3-4-5-9-16-14(17)11-18-13-8-6-7-12(15)10-13/h6-8,10H,2-5,9,11H2,1H3,(H,16,17). The van der Waals surface area contributed by atoms with Gasteiger partial charge in [0.1, 0.15) is 5.75 Å². The summed E-state index contributed by atoms with van der Waals surface area (Å²) in [6, 6.07) is 7.03. The Balaban J connectivity index is 2.13. The molecule has 0 spiro atoms. The van der Waals surface area contributed by atoms with E-state index in [1.165, 1.54) is 12.8 Å². The van der Waals surface area contributed by atoms with Crippen molar-refractivity contribution in [2.24, 2.45) is 0 Å². The summed E-state index contributed by atoms with van der Waals surface area (Å²) in [5.41, 5.74) is 0. The summed E-state index contributed by atoms with van der Waals surface area (Å²) in [6.07, 6.45) is 4.60. The molecule has 1 aromatic rings. The minimum Gasteiger partial charge on any atom is -0.484 e. The number of carbonyl (C=O) groups is 1. The zero-order chi connectivity index (χ0) is 13.2. The molecule has 100 valence electrons. The fourth-order valence-electron chi connectivity index (χ4n) is 1.54. The van der Waals surface area contributed by atoms with Gasteiger partial charge in [-0.3, -0.25) is 4.79 Å². The molecule has 0 aliphatic heterocycles. The fraction of sp³-hybridized carbons (Fsp3) is 0.500. The second kappa shape index (κ2) is 8.81. The Morgan fingerprint density at radius 3 is 2.89 bits per heavy atom. The van der Waals surface area contributed by atoms with Gasteiger partial charge in [-0.25, -0.2) is 0 Å². The summed E-state index contributed by atoms with van der Waals surface area (Å²) in [4.78, 5) is 11.5. The number of benzene rings is 1. The van der Waals surface area contributed by atoms with Crippen molar-refractivity contribution in [1.82, 2.24) is 5.32 Å². The van der Waals surface area contributed by atoms with Crippen molar-refractivity contribution in [3.05, 3.63) is 29.3 Å². The van der Waals surface area contributed by atoms with E-state index in [2.05, 4.69) is 12.2 Å². The van der Waals surface area contributed by atoms with Crippen LogP contribution in [0.5, 0.6) is 5.75 Å². The van der Waals surface area contributed by atoms with E-state index >= 15 is 0 Å². The molecular weight excluding hydrogens is 250 g/mol. The van der Waals surface area contributed by atoms with Crippen LogP contribution in [0.4, 0.5) is 0 Å². The molecule has 0 radical (unpaired) electrons. The summed E-state index contributed by atoms with van der Waals surface area (Å²) in [5.74, 6) is 0.523. The van der Waals surface area contributed by atoms with E-state index in [1.807, 2.05) is 0 Å². The van der Waals surface area contributed by atoms with Gasteiger partial charge in [0.05, 0.1) is 0 Å². The lowest BCUT2D eigenvalue weighted by atomic mass is 10.2. The van der Waals surface area contributed by atoms with Crippen LogP contribution in [-0.2, 0) is 4.79 Å². The molecule has 4 heteroatoms. The number of amides is 1. The van der Waals surface area contributed by atoms with Crippen molar-refractivity contribution >= 4 is 17.5 Å². The van der Waals surface area contributed by atoms with E-state index in [9.17, 15) is 4.79 Å². The maximum Gasteiger partial charge on any atom is 0.257 e. The summed E-state index contributed by atoms with van der Waals surface area (Å²) in [7, 11) is 0. The van der Waals surface area contributed by atoms with Crippen molar-refractivity contribution in [3.63, 3.8) is 0 Å². The first-order chi connectivity index (χ1) is 8.72. The number of hydrogen-bond acceptors (Lipinski definition) is 2. The molecule has 0 aliphatic rings. The Hall–Kier alpha value is -1.22. The number of nitrogens with one attached hydrogen (secondary N) is 1. The van der Waals surface area contributed by atoms with Crippen molar-refractivity contribution in [2.75, 3.05) is 13.2 Å². The van der Waals surface area contributed by atoms with Crippen molar-refractivity contribution in [1.29, 1.82) is 0 Å². The molecular formula is C14H20ClNO2. The van der Waals surface area contributed by atoms with E-state index in [4.69, 9.17) is 16.3 Å². The largest absolute Gasteiger partial charge is 0.484 e. The van der Waals surface area contributed by atoms with Crippen LogP contribution in [0.1, 0.15) is 32.6 Å². The average Bonchev–Trinajstić information content (AvgIpc) is 2.36. The van der Waals surface area contributed by atoms with Gasteiger partial charge in [-0.2, -0.15) is 0 Å². The van der Waals surface area contributed by atoms with Gasteiger partial charge in [0, 0.05) is 11.6 Å². The number of halogens is 1. The third-order valence-electron chi connectivity index (χ3n) is 2.52. The molecule has 0 unspecified atom stereocenters. The van der Waals surface area contributed by atoms with Gasteiger partial charge < -0.3 is 10.1 Å². The van der Waals surface area contributed by atoms with Gasteiger partial charge in [0.25, 0.3) is 5.91 Å². The van der Waals surface area contributed by atoms with Gasteiger partial charge in [0.15, 0.2) is 6.61 Å². The van der Waals surface area contributed by atoms with Gasteiger partial charge in [-0.1, -0.05) is 43.9 Å². The molecule has 1 N–H and O–H groups in total. The predicted octanol–water partition coefficient (Wildman–Crippen LogP) is 3.42. The van der Waals surface area contributed by atoms with Gasteiger partial charge in [0.2, 0.25) is 0 Å². The maximum atomic E-state index is 11.5. The number of carbonyl (C=O) groups excluding carboxylic acids is 1. The topological polar surface area (TPSA) is 38.3 Å². The number of hydrogen-bond donors (Lipinski definition) is 1. The lowest BCUT2D eigenvalue weighted by Crippen LogP contribution is -2.29. The van der Waals surface area contributed by atoms with E-state index in [1.54, 1.807) is 24.3 Å². The van der Waals surface area contributed by atoms with Crippen LogP contribution in [0, 0.1) is 0 Å². The quantitative estimate of drug-likeness (QED) is 0.735. The van der Waals surface area contributed by atoms with Gasteiger partial charge in [-0.05, 0) is 24.6 Å². The van der Waals surface area contributed by atoms with Gasteiger partial charge >= 0.3 is 0 Å². The molecule has 3 nitrogen and oxygen atoms in total. The van der Waals surface area contributed by atoms with E-state index in [0.717, 1.165) is 19.4 Å².